The van der Waals surface area contributed by atoms with Gasteiger partial charge >= 0.3 is 0 Å². The second-order valence-corrected chi connectivity index (χ2v) is 33.2. The number of rotatable bonds is 10. The molecule has 0 N–H and O–H groups in total. The lowest BCUT2D eigenvalue weighted by atomic mass is 9.83. The van der Waals surface area contributed by atoms with Gasteiger partial charge in [-0.25, -0.2) is 0 Å². The first kappa shape index (κ1) is 72.3. The summed E-state index contributed by atoms with van der Waals surface area (Å²) in [6.45, 7) is 0. The largest absolute Gasteiger partial charge is 0.455 e. The molecule has 2 heterocycles. The van der Waals surface area contributed by atoms with E-state index in [0.29, 0.717) is 0 Å². The smallest absolute Gasteiger partial charge is 0.143 e. The minimum absolute atomic E-state index is 0.879. The normalized spacial score (nSPS) is 11.8. The first-order chi connectivity index (χ1) is 62.6. The molecule has 2 nitrogen and oxygen atoms in total. The highest BCUT2D eigenvalue weighted by Gasteiger charge is 2.28. The number of benzene rings is 24. The molecule has 0 saturated heterocycles. The highest BCUT2D eigenvalue weighted by atomic mass is 16.3. The average molecular weight is 1600 g/mol. The summed E-state index contributed by atoms with van der Waals surface area (Å²) < 4.78 is 14.2. The van der Waals surface area contributed by atoms with Crippen LogP contribution in [0.1, 0.15) is 0 Å². The van der Waals surface area contributed by atoms with Crippen molar-refractivity contribution in [3.8, 4) is 111 Å². The molecule has 0 radical (unpaired) electrons. The summed E-state index contributed by atoms with van der Waals surface area (Å²) in [5.74, 6) is 0. The Labute approximate surface area is 727 Å². The number of fused-ring (bicyclic) bond motifs is 16. The molecule has 24 aromatic carbocycles. The molecule has 584 valence electrons. The Morgan fingerprint density at radius 1 is 0.111 bits per heavy atom. The molecule has 26 rings (SSSR count). The van der Waals surface area contributed by atoms with E-state index < -0.39 is 0 Å². The number of hydrogen-bond acceptors (Lipinski definition) is 2. The van der Waals surface area contributed by atoms with Crippen molar-refractivity contribution in [2.75, 3.05) is 0 Å². The third kappa shape index (κ3) is 11.4. The van der Waals surface area contributed by atoms with Gasteiger partial charge < -0.3 is 8.83 Å². The van der Waals surface area contributed by atoms with Gasteiger partial charge in [0, 0.05) is 43.8 Å². The van der Waals surface area contributed by atoms with Crippen LogP contribution in [0.5, 0.6) is 0 Å². The van der Waals surface area contributed by atoms with E-state index >= 15 is 0 Å². The summed E-state index contributed by atoms with van der Waals surface area (Å²) in [5.41, 5.74) is 27.7. The summed E-state index contributed by atoms with van der Waals surface area (Å²) in [7, 11) is 0. The molecule has 0 fully saturated rings. The van der Waals surface area contributed by atoms with Crippen LogP contribution in [-0.2, 0) is 0 Å². The highest BCUT2D eigenvalue weighted by molar-refractivity contribution is 6.32. The van der Waals surface area contributed by atoms with Crippen LogP contribution in [0.25, 0.3) is 263 Å². The summed E-state index contributed by atoms with van der Waals surface area (Å²) in [4.78, 5) is 0. The van der Waals surface area contributed by atoms with Gasteiger partial charge in [-0.1, -0.05) is 449 Å². The molecule has 0 amide bonds. The number of furan rings is 2. The van der Waals surface area contributed by atoms with Crippen molar-refractivity contribution in [3.63, 3.8) is 0 Å². The lowest BCUT2D eigenvalue weighted by Gasteiger charge is -2.20. The van der Waals surface area contributed by atoms with Crippen LogP contribution in [0.2, 0.25) is 0 Å². The maximum absolute atomic E-state index is 7.13. The Balaban J connectivity index is 0.000000137. The maximum Gasteiger partial charge on any atom is 0.143 e. The Hall–Kier alpha value is -16.5. The Morgan fingerprint density at radius 2 is 0.325 bits per heavy atom. The summed E-state index contributed by atoms with van der Waals surface area (Å²) in [5, 5.41) is 29.0. The summed E-state index contributed by atoms with van der Waals surface area (Å²) in [6, 6.07) is 168. The fourth-order valence-electron chi connectivity index (χ4n) is 21.3. The quantitative estimate of drug-likeness (QED) is 0.128. The highest BCUT2D eigenvalue weighted by Crippen LogP contribution is 2.55. The molecule has 0 aliphatic carbocycles. The van der Waals surface area contributed by atoms with Gasteiger partial charge in [-0.15, -0.1) is 0 Å². The fourth-order valence-corrected chi connectivity index (χ4v) is 21.3. The van der Waals surface area contributed by atoms with Crippen molar-refractivity contribution in [1.82, 2.24) is 0 Å². The Morgan fingerprint density at radius 3 is 0.698 bits per heavy atom. The molecule has 0 saturated carbocycles. The van der Waals surface area contributed by atoms with Crippen LogP contribution in [0.15, 0.2) is 470 Å². The molecule has 2 heteroatoms. The van der Waals surface area contributed by atoms with Crippen molar-refractivity contribution in [1.29, 1.82) is 0 Å². The molecule has 0 aliphatic heterocycles. The maximum atomic E-state index is 7.13. The van der Waals surface area contributed by atoms with Crippen LogP contribution in [0, 0.1) is 0 Å². The van der Waals surface area contributed by atoms with Crippen LogP contribution in [0.4, 0.5) is 0 Å². The molecule has 0 spiro atoms. The number of para-hydroxylation sites is 2. The third-order valence-electron chi connectivity index (χ3n) is 26.5. The van der Waals surface area contributed by atoms with Crippen LogP contribution < -0.4 is 0 Å². The van der Waals surface area contributed by atoms with E-state index in [2.05, 4.69) is 461 Å². The van der Waals surface area contributed by atoms with Crippen molar-refractivity contribution in [2.45, 2.75) is 0 Å². The van der Waals surface area contributed by atoms with E-state index in [9.17, 15) is 0 Å². The van der Waals surface area contributed by atoms with Gasteiger partial charge in [-0.2, -0.15) is 0 Å². The predicted octanol–water partition coefficient (Wildman–Crippen LogP) is 35.4. The molecular weight excluding hydrogens is 1520 g/mol. The Bertz CT molecular complexity index is 8710. The molecular formula is C124H76O2. The molecule has 126 heavy (non-hydrogen) atoms. The molecule has 2 aromatic heterocycles. The lowest BCUT2D eigenvalue weighted by molar-refractivity contribution is 0.670. The molecule has 0 atom stereocenters. The fraction of sp³-hybridized carbons (Fsp3) is 0. The monoisotopic (exact) mass is 1600 g/mol. The van der Waals surface area contributed by atoms with E-state index in [0.717, 1.165) is 55.0 Å². The second kappa shape index (κ2) is 29.7. The average Bonchev–Trinajstić information content (AvgIpc) is 1.27. The number of hydrogen-bond donors (Lipinski definition) is 0. The van der Waals surface area contributed by atoms with Crippen molar-refractivity contribution < 1.29 is 8.83 Å². The van der Waals surface area contributed by atoms with Crippen LogP contribution in [0.3, 0.4) is 0 Å². The summed E-state index contributed by atoms with van der Waals surface area (Å²) >= 11 is 0. The molecule has 0 unspecified atom stereocenters. The second-order valence-electron chi connectivity index (χ2n) is 33.2. The minimum Gasteiger partial charge on any atom is -0.455 e. The predicted molar refractivity (Wildman–Crippen MR) is 537 cm³/mol. The summed E-state index contributed by atoms with van der Waals surface area (Å²) in [6.07, 6.45) is 0. The van der Waals surface area contributed by atoms with Crippen LogP contribution in [-0.4, -0.2) is 0 Å². The molecule has 0 aliphatic rings. The first-order valence-electron chi connectivity index (χ1n) is 43.5. The van der Waals surface area contributed by atoms with Crippen molar-refractivity contribution in [3.05, 3.63) is 461 Å². The SMILES string of the molecule is c1ccc(-c2c3ccccc3c(-c3cccc4c3oc3cccc(-c5c6ccccc6c(-c6ccc(-c7cccc8ccccc78)cc6)c6ccccc56)c34)c3ccccc23)cc1.c1ccc(-c2ccc(-c3c4ccccc4c(-c4cccc5oc6c(-c7c8ccccc8c(-c8ccccc8)c8ccccc78)cccc6c45)c4ccccc34)c3ccccc23)cc1. The van der Waals surface area contributed by atoms with Gasteiger partial charge in [0.15, 0.2) is 0 Å². The first-order valence-corrected chi connectivity index (χ1v) is 43.5. The van der Waals surface area contributed by atoms with Gasteiger partial charge in [0.05, 0.1) is 0 Å². The van der Waals surface area contributed by atoms with Gasteiger partial charge in [0.25, 0.3) is 0 Å². The van der Waals surface area contributed by atoms with E-state index in [-0.39, 0.29) is 0 Å². The van der Waals surface area contributed by atoms with Gasteiger partial charge in [-0.05, 0) is 209 Å². The van der Waals surface area contributed by atoms with Gasteiger partial charge in [-0.3, -0.25) is 0 Å². The van der Waals surface area contributed by atoms with Gasteiger partial charge in [0.1, 0.15) is 22.3 Å². The zero-order valence-electron chi connectivity index (χ0n) is 68.7. The zero-order valence-corrected chi connectivity index (χ0v) is 68.7. The topological polar surface area (TPSA) is 26.3 Å². The van der Waals surface area contributed by atoms with Crippen molar-refractivity contribution >= 4 is 152 Å². The van der Waals surface area contributed by atoms with E-state index in [1.165, 1.54) is 208 Å². The van der Waals surface area contributed by atoms with Gasteiger partial charge in [0.2, 0.25) is 0 Å². The zero-order chi connectivity index (χ0) is 82.9. The van der Waals surface area contributed by atoms with E-state index in [1.54, 1.807) is 0 Å². The Kier molecular flexibility index (Phi) is 17.0. The minimum atomic E-state index is 0.879. The van der Waals surface area contributed by atoms with Crippen molar-refractivity contribution in [2.24, 2.45) is 0 Å². The van der Waals surface area contributed by atoms with E-state index in [4.69, 9.17) is 8.83 Å². The molecule has 0 bridgehead atoms. The van der Waals surface area contributed by atoms with Crippen LogP contribution >= 0.6 is 0 Å². The molecule has 26 aromatic rings. The lowest BCUT2D eigenvalue weighted by Crippen LogP contribution is -1.93. The third-order valence-corrected chi connectivity index (χ3v) is 26.5. The standard InChI is InChI=1S/2C62H38O/c1-3-19-39(20-4-1)41-37-38-52(43-24-8-7-23-42(41)43)58-48-29-13-15-31-50(48)59(51-32-16-14-30-49(51)58)53-33-18-36-56-61(53)55-35-17-34-54(62(55)63-56)60-46-27-11-9-25-44(46)57(40-21-5-2-6-22-40)45-26-10-12-28-47(45)60;1-2-18-41(19-3-1)57-47-24-8-12-28-51(47)60(52-29-13-9-25-48(52)57)54-32-15-33-55-61-53(31-16-34-56(61)63-62(54)55)59-49-26-10-6-22-45(49)58(46-23-7-11-27-50(46)59)42-37-35-40(36-38-42)44-30-14-20-39-17-4-5-21-43(39)44/h2*1-38H. The van der Waals surface area contributed by atoms with E-state index in [1.807, 2.05) is 0 Å².